The molecule has 29 heavy (non-hydrogen) atoms. The van der Waals surface area contributed by atoms with Gasteiger partial charge in [0.15, 0.2) is 0 Å². The van der Waals surface area contributed by atoms with Crippen LogP contribution in [0, 0.1) is 13.8 Å². The van der Waals surface area contributed by atoms with Crippen molar-refractivity contribution in [2.24, 2.45) is 11.5 Å². The molecular formula is C22H28N4O3. The Morgan fingerprint density at radius 2 is 1.83 bits per heavy atom. The summed E-state index contributed by atoms with van der Waals surface area (Å²) in [6.45, 7) is 4.62. The summed E-state index contributed by atoms with van der Waals surface area (Å²) in [7, 11) is 0. The van der Waals surface area contributed by atoms with Gasteiger partial charge in [-0.05, 0) is 53.8 Å². The molecule has 1 heterocycles. The Morgan fingerprint density at radius 1 is 1.21 bits per heavy atom. The average molecular weight is 396 g/mol. The highest BCUT2D eigenvalue weighted by Gasteiger charge is 2.37. The van der Waals surface area contributed by atoms with Crippen molar-refractivity contribution in [2.75, 3.05) is 13.1 Å². The van der Waals surface area contributed by atoms with Crippen molar-refractivity contribution in [3.63, 3.8) is 0 Å². The quantitative estimate of drug-likeness (QED) is 0.602. The predicted octanol–water partition coefficient (Wildman–Crippen LogP) is 1.04. The van der Waals surface area contributed by atoms with Crippen molar-refractivity contribution in [3.05, 3.63) is 64.2 Å². The van der Waals surface area contributed by atoms with Gasteiger partial charge in [-0.15, -0.1) is 0 Å². The monoisotopic (exact) mass is 396 g/mol. The summed E-state index contributed by atoms with van der Waals surface area (Å²) >= 11 is 0. The number of fused-ring (bicyclic) bond motifs is 1. The lowest BCUT2D eigenvalue weighted by atomic mass is 9.90. The zero-order valence-corrected chi connectivity index (χ0v) is 16.8. The van der Waals surface area contributed by atoms with Crippen molar-refractivity contribution in [1.29, 1.82) is 0 Å². The van der Waals surface area contributed by atoms with Crippen LogP contribution in [0.3, 0.4) is 0 Å². The number of benzene rings is 2. The lowest BCUT2D eigenvalue weighted by Crippen LogP contribution is -2.55. The summed E-state index contributed by atoms with van der Waals surface area (Å²) in [5, 5.41) is 12.6. The molecule has 7 heteroatoms. The first kappa shape index (κ1) is 20.8. The number of phenols is 1. The number of amides is 2. The topological polar surface area (TPSA) is 122 Å². The van der Waals surface area contributed by atoms with Crippen molar-refractivity contribution < 1.29 is 14.7 Å². The van der Waals surface area contributed by atoms with Crippen LogP contribution in [0.2, 0.25) is 0 Å². The van der Waals surface area contributed by atoms with Gasteiger partial charge in [0.2, 0.25) is 11.8 Å². The fourth-order valence-electron chi connectivity index (χ4n) is 4.05. The predicted molar refractivity (Wildman–Crippen MR) is 111 cm³/mol. The summed E-state index contributed by atoms with van der Waals surface area (Å²) in [6, 6.07) is 9.41. The van der Waals surface area contributed by atoms with Crippen LogP contribution < -0.4 is 16.8 Å². The molecule has 1 aliphatic rings. The maximum absolute atomic E-state index is 13.4. The number of hydrogen-bond donors (Lipinski definition) is 4. The fraction of sp³-hybridized carbons (Fsp3) is 0.364. The highest BCUT2D eigenvalue weighted by molar-refractivity contribution is 5.91. The largest absolute Gasteiger partial charge is 0.508 e. The second-order valence-electron chi connectivity index (χ2n) is 7.51. The molecular weight excluding hydrogens is 368 g/mol. The molecule has 2 aromatic carbocycles. The second-order valence-corrected chi connectivity index (χ2v) is 7.51. The van der Waals surface area contributed by atoms with Crippen LogP contribution in [0.5, 0.6) is 5.75 Å². The Hall–Kier alpha value is -2.90. The average Bonchev–Trinajstić information content (AvgIpc) is 2.69. The molecule has 154 valence electrons. The number of nitrogens with zero attached hydrogens (tertiary/aromatic N) is 1. The Bertz CT molecular complexity index is 905. The first-order chi connectivity index (χ1) is 13.8. The molecule has 0 radical (unpaired) electrons. The Balaban J connectivity index is 1.94. The van der Waals surface area contributed by atoms with Gasteiger partial charge >= 0.3 is 0 Å². The van der Waals surface area contributed by atoms with E-state index in [1.807, 2.05) is 38.1 Å². The number of carbonyl (C=O) groups is 2. The molecule has 0 saturated carbocycles. The molecule has 2 aromatic rings. The van der Waals surface area contributed by atoms with Crippen LogP contribution in [0.15, 0.2) is 36.4 Å². The molecule has 0 fully saturated rings. The summed E-state index contributed by atoms with van der Waals surface area (Å²) in [5.74, 6) is -0.414. The maximum atomic E-state index is 13.4. The van der Waals surface area contributed by atoms with Crippen LogP contribution in [-0.4, -0.2) is 41.0 Å². The van der Waals surface area contributed by atoms with E-state index in [1.54, 1.807) is 17.0 Å². The summed E-state index contributed by atoms with van der Waals surface area (Å²) in [6.07, 6.45) is 0.429. The molecule has 7 nitrogen and oxygen atoms in total. The standard InChI is InChI=1S/C22H28N4O3/c1-13-9-17(27)10-14(2)19(13)20(24)22(29)26-12-16-6-4-3-5-15(16)11-18(26)21(28)25-8-7-23/h3-6,9-10,18,20,27H,7-8,11-12,23-24H2,1-2H3,(H,25,28). The number of phenolic OH excluding ortho intramolecular Hbond substituents is 1. The number of aryl methyl sites for hydroxylation is 2. The third-order valence-electron chi connectivity index (χ3n) is 5.43. The van der Waals surface area contributed by atoms with Crippen molar-refractivity contribution in [3.8, 4) is 5.75 Å². The number of aromatic hydroxyl groups is 1. The number of hydrogen-bond acceptors (Lipinski definition) is 5. The van der Waals surface area contributed by atoms with Crippen molar-refractivity contribution >= 4 is 11.8 Å². The lowest BCUT2D eigenvalue weighted by Gasteiger charge is -2.37. The van der Waals surface area contributed by atoms with E-state index >= 15 is 0 Å². The van der Waals surface area contributed by atoms with Crippen molar-refractivity contribution in [2.45, 2.75) is 38.9 Å². The SMILES string of the molecule is Cc1cc(O)cc(C)c1C(N)C(=O)N1Cc2ccccc2CC1C(=O)NCCN. The van der Waals surface area contributed by atoms with E-state index in [2.05, 4.69) is 5.32 Å². The van der Waals surface area contributed by atoms with Gasteiger partial charge in [0, 0.05) is 26.1 Å². The zero-order chi connectivity index (χ0) is 21.1. The van der Waals surface area contributed by atoms with Crippen LogP contribution in [0.4, 0.5) is 0 Å². The molecule has 1 aliphatic heterocycles. The fourth-order valence-corrected chi connectivity index (χ4v) is 4.05. The van der Waals surface area contributed by atoms with Gasteiger partial charge in [0.1, 0.15) is 17.8 Å². The highest BCUT2D eigenvalue weighted by Crippen LogP contribution is 2.30. The van der Waals surface area contributed by atoms with E-state index in [9.17, 15) is 14.7 Å². The molecule has 3 rings (SSSR count). The lowest BCUT2D eigenvalue weighted by molar-refractivity contribution is -0.143. The van der Waals surface area contributed by atoms with E-state index in [0.29, 0.717) is 31.6 Å². The van der Waals surface area contributed by atoms with E-state index in [0.717, 1.165) is 22.3 Å². The normalized spacial score (nSPS) is 16.8. The van der Waals surface area contributed by atoms with Crippen molar-refractivity contribution in [1.82, 2.24) is 10.2 Å². The Labute approximate surface area is 170 Å². The number of nitrogens with one attached hydrogen (secondary N) is 1. The zero-order valence-electron chi connectivity index (χ0n) is 16.8. The minimum atomic E-state index is -0.925. The van der Waals surface area contributed by atoms with Crippen LogP contribution in [0.1, 0.15) is 33.9 Å². The third-order valence-corrected chi connectivity index (χ3v) is 5.43. The molecule has 0 spiro atoms. The summed E-state index contributed by atoms with van der Waals surface area (Å²) in [5.41, 5.74) is 16.1. The summed E-state index contributed by atoms with van der Waals surface area (Å²) < 4.78 is 0. The minimum absolute atomic E-state index is 0.134. The van der Waals surface area contributed by atoms with Crippen LogP contribution in [-0.2, 0) is 22.6 Å². The third kappa shape index (κ3) is 4.26. The number of nitrogens with two attached hydrogens (primary N) is 2. The molecule has 2 unspecified atom stereocenters. The van der Waals surface area contributed by atoms with E-state index in [-0.39, 0.29) is 17.6 Å². The molecule has 6 N–H and O–H groups in total. The smallest absolute Gasteiger partial charge is 0.245 e. The van der Waals surface area contributed by atoms with Gasteiger partial charge in [-0.2, -0.15) is 0 Å². The first-order valence-electron chi connectivity index (χ1n) is 9.74. The van der Waals surface area contributed by atoms with Gasteiger partial charge in [-0.1, -0.05) is 24.3 Å². The van der Waals surface area contributed by atoms with Gasteiger partial charge in [-0.25, -0.2) is 0 Å². The molecule has 0 aliphatic carbocycles. The van der Waals surface area contributed by atoms with Gasteiger partial charge in [-0.3, -0.25) is 9.59 Å². The number of rotatable bonds is 5. The van der Waals surface area contributed by atoms with Crippen LogP contribution in [0.25, 0.3) is 0 Å². The van der Waals surface area contributed by atoms with Gasteiger partial charge in [0.25, 0.3) is 0 Å². The highest BCUT2D eigenvalue weighted by atomic mass is 16.3. The van der Waals surface area contributed by atoms with E-state index in [1.165, 1.54) is 0 Å². The van der Waals surface area contributed by atoms with Crippen LogP contribution >= 0.6 is 0 Å². The maximum Gasteiger partial charge on any atom is 0.245 e. The summed E-state index contributed by atoms with van der Waals surface area (Å²) in [4.78, 5) is 27.8. The Kier molecular flexibility index (Phi) is 6.20. The minimum Gasteiger partial charge on any atom is -0.508 e. The second kappa shape index (κ2) is 8.63. The molecule has 0 bridgehead atoms. The van der Waals surface area contributed by atoms with E-state index < -0.39 is 12.1 Å². The molecule has 0 aromatic heterocycles. The number of carbonyl (C=O) groups excluding carboxylic acids is 2. The Morgan fingerprint density at radius 3 is 2.45 bits per heavy atom. The van der Waals surface area contributed by atoms with Gasteiger partial charge < -0.3 is 26.8 Å². The first-order valence-corrected chi connectivity index (χ1v) is 9.74. The molecule has 0 saturated heterocycles. The van der Waals surface area contributed by atoms with E-state index in [4.69, 9.17) is 11.5 Å². The molecule has 2 atom stereocenters. The molecule has 2 amide bonds. The van der Waals surface area contributed by atoms with Gasteiger partial charge in [0.05, 0.1) is 0 Å².